The topological polar surface area (TPSA) is 63.5 Å². The standard InChI is InChI=1S/C9H9FN2O3/c1-11(2)9(13)6-3-7(10)5-8(4-6)12(14)15/h3-5H,1-2H3. The summed E-state index contributed by atoms with van der Waals surface area (Å²) in [5.74, 6) is -1.27. The van der Waals surface area contributed by atoms with Gasteiger partial charge in [0.1, 0.15) is 5.82 Å². The van der Waals surface area contributed by atoms with E-state index in [1.807, 2.05) is 0 Å². The molecular weight excluding hydrogens is 203 g/mol. The monoisotopic (exact) mass is 212 g/mol. The second-order valence-electron chi connectivity index (χ2n) is 3.15. The third-order valence-electron chi connectivity index (χ3n) is 1.75. The number of nitrogens with zero attached hydrogens (tertiary/aromatic N) is 2. The Morgan fingerprint density at radius 1 is 1.40 bits per heavy atom. The molecular formula is C9H9FN2O3. The van der Waals surface area contributed by atoms with Crippen LogP contribution in [0.4, 0.5) is 10.1 Å². The maximum absolute atomic E-state index is 12.9. The quantitative estimate of drug-likeness (QED) is 0.550. The van der Waals surface area contributed by atoms with Crippen molar-refractivity contribution < 1.29 is 14.1 Å². The van der Waals surface area contributed by atoms with Gasteiger partial charge in [0, 0.05) is 25.7 Å². The highest BCUT2D eigenvalue weighted by Gasteiger charge is 2.15. The van der Waals surface area contributed by atoms with Gasteiger partial charge >= 0.3 is 0 Å². The lowest BCUT2D eigenvalue weighted by Crippen LogP contribution is -2.21. The fraction of sp³-hybridized carbons (Fsp3) is 0.222. The first-order valence-electron chi connectivity index (χ1n) is 4.08. The van der Waals surface area contributed by atoms with E-state index in [-0.39, 0.29) is 5.56 Å². The molecule has 0 unspecified atom stereocenters. The molecule has 0 saturated heterocycles. The number of halogens is 1. The molecule has 5 nitrogen and oxygen atoms in total. The first-order valence-corrected chi connectivity index (χ1v) is 4.08. The van der Waals surface area contributed by atoms with Gasteiger partial charge in [0.05, 0.1) is 11.0 Å². The van der Waals surface area contributed by atoms with Crippen LogP contribution in [0.2, 0.25) is 0 Å². The minimum Gasteiger partial charge on any atom is -0.345 e. The highest BCUT2D eigenvalue weighted by molar-refractivity contribution is 5.94. The summed E-state index contributed by atoms with van der Waals surface area (Å²) in [6.07, 6.45) is 0. The van der Waals surface area contributed by atoms with Crippen molar-refractivity contribution in [2.45, 2.75) is 0 Å². The zero-order chi connectivity index (χ0) is 11.6. The molecule has 0 heterocycles. The van der Waals surface area contributed by atoms with Crippen LogP contribution in [0.5, 0.6) is 0 Å². The van der Waals surface area contributed by atoms with Gasteiger partial charge in [-0.3, -0.25) is 14.9 Å². The molecule has 6 heteroatoms. The van der Waals surface area contributed by atoms with Gasteiger partial charge in [0.25, 0.3) is 11.6 Å². The van der Waals surface area contributed by atoms with Crippen LogP contribution in [0.15, 0.2) is 18.2 Å². The summed E-state index contributed by atoms with van der Waals surface area (Å²) < 4.78 is 12.9. The van der Waals surface area contributed by atoms with Gasteiger partial charge in [-0.15, -0.1) is 0 Å². The summed E-state index contributed by atoms with van der Waals surface area (Å²) in [7, 11) is 2.97. The predicted octanol–water partition coefficient (Wildman–Crippen LogP) is 1.44. The number of rotatable bonds is 2. The molecule has 0 aliphatic rings. The predicted molar refractivity (Wildman–Crippen MR) is 51.1 cm³/mol. The summed E-state index contributed by atoms with van der Waals surface area (Å²) in [6.45, 7) is 0. The summed E-state index contributed by atoms with van der Waals surface area (Å²) in [4.78, 5) is 22.3. The number of hydrogen-bond donors (Lipinski definition) is 0. The van der Waals surface area contributed by atoms with E-state index >= 15 is 0 Å². The van der Waals surface area contributed by atoms with Crippen molar-refractivity contribution in [3.8, 4) is 0 Å². The summed E-state index contributed by atoms with van der Waals surface area (Å²) >= 11 is 0. The SMILES string of the molecule is CN(C)C(=O)c1cc(F)cc([N+](=O)[O-])c1. The third kappa shape index (κ3) is 2.49. The van der Waals surface area contributed by atoms with E-state index < -0.39 is 22.3 Å². The molecule has 0 bridgehead atoms. The fourth-order valence-electron chi connectivity index (χ4n) is 1.06. The molecule has 0 aliphatic heterocycles. The molecule has 0 atom stereocenters. The molecule has 1 aromatic carbocycles. The van der Waals surface area contributed by atoms with Crippen molar-refractivity contribution in [2.24, 2.45) is 0 Å². The van der Waals surface area contributed by atoms with E-state index in [0.29, 0.717) is 0 Å². The van der Waals surface area contributed by atoms with E-state index in [1.54, 1.807) is 0 Å². The van der Waals surface area contributed by atoms with Gasteiger partial charge in [0.15, 0.2) is 0 Å². The molecule has 1 rings (SSSR count). The van der Waals surface area contributed by atoms with Crippen molar-refractivity contribution in [1.29, 1.82) is 0 Å². The summed E-state index contributed by atoms with van der Waals surface area (Å²) in [5, 5.41) is 10.4. The lowest BCUT2D eigenvalue weighted by Gasteiger charge is -2.09. The van der Waals surface area contributed by atoms with Gasteiger partial charge < -0.3 is 4.90 Å². The largest absolute Gasteiger partial charge is 0.345 e. The van der Waals surface area contributed by atoms with Gasteiger partial charge in [-0.2, -0.15) is 0 Å². The molecule has 1 amide bonds. The van der Waals surface area contributed by atoms with Gasteiger partial charge in [-0.05, 0) is 6.07 Å². The number of nitro benzene ring substituents is 1. The highest BCUT2D eigenvalue weighted by Crippen LogP contribution is 2.16. The Kier molecular flexibility index (Phi) is 2.99. The molecule has 80 valence electrons. The zero-order valence-electron chi connectivity index (χ0n) is 8.23. The van der Waals surface area contributed by atoms with Crippen LogP contribution in [-0.4, -0.2) is 29.8 Å². The lowest BCUT2D eigenvalue weighted by molar-refractivity contribution is -0.385. The summed E-state index contributed by atoms with van der Waals surface area (Å²) in [6, 6.07) is 2.78. The van der Waals surface area contributed by atoms with Gasteiger partial charge in [-0.1, -0.05) is 0 Å². The van der Waals surface area contributed by atoms with E-state index in [9.17, 15) is 19.3 Å². The van der Waals surface area contributed by atoms with Crippen LogP contribution < -0.4 is 0 Å². The zero-order valence-corrected chi connectivity index (χ0v) is 8.23. The van der Waals surface area contributed by atoms with E-state index in [0.717, 1.165) is 18.2 Å². The average Bonchev–Trinajstić information content (AvgIpc) is 2.15. The van der Waals surface area contributed by atoms with Crippen molar-refractivity contribution in [1.82, 2.24) is 4.90 Å². The Hall–Kier alpha value is -1.98. The number of benzene rings is 1. The number of carbonyl (C=O) groups excluding carboxylic acids is 1. The van der Waals surface area contributed by atoms with E-state index in [2.05, 4.69) is 0 Å². The molecule has 0 aromatic heterocycles. The van der Waals surface area contributed by atoms with Crippen LogP contribution in [-0.2, 0) is 0 Å². The minimum atomic E-state index is -0.797. The molecule has 0 radical (unpaired) electrons. The maximum Gasteiger partial charge on any atom is 0.273 e. The molecule has 0 saturated carbocycles. The molecule has 0 aliphatic carbocycles. The van der Waals surface area contributed by atoms with Gasteiger partial charge in [-0.25, -0.2) is 4.39 Å². The van der Waals surface area contributed by atoms with Crippen LogP contribution >= 0.6 is 0 Å². The van der Waals surface area contributed by atoms with E-state index in [4.69, 9.17) is 0 Å². The number of hydrogen-bond acceptors (Lipinski definition) is 3. The van der Waals surface area contributed by atoms with Crippen molar-refractivity contribution in [3.63, 3.8) is 0 Å². The molecule has 15 heavy (non-hydrogen) atoms. The van der Waals surface area contributed by atoms with E-state index in [1.165, 1.54) is 19.0 Å². The molecule has 0 spiro atoms. The molecule has 1 aromatic rings. The van der Waals surface area contributed by atoms with Crippen LogP contribution in [0.3, 0.4) is 0 Å². The first kappa shape index (κ1) is 11.1. The third-order valence-corrected chi connectivity index (χ3v) is 1.75. The number of nitro groups is 1. The molecule has 0 fully saturated rings. The lowest BCUT2D eigenvalue weighted by atomic mass is 10.2. The number of amides is 1. The Bertz CT molecular complexity index is 418. The Balaban J connectivity index is 3.20. The normalized spacial score (nSPS) is 9.80. The van der Waals surface area contributed by atoms with Crippen LogP contribution in [0.1, 0.15) is 10.4 Å². The Morgan fingerprint density at radius 3 is 2.47 bits per heavy atom. The van der Waals surface area contributed by atoms with Crippen molar-refractivity contribution in [3.05, 3.63) is 39.7 Å². The second-order valence-corrected chi connectivity index (χ2v) is 3.15. The summed E-state index contributed by atoms with van der Waals surface area (Å²) in [5.41, 5.74) is -0.466. The molecule has 0 N–H and O–H groups in total. The highest BCUT2D eigenvalue weighted by atomic mass is 19.1. The fourth-order valence-corrected chi connectivity index (χ4v) is 1.06. The van der Waals surface area contributed by atoms with Crippen LogP contribution in [0.25, 0.3) is 0 Å². The van der Waals surface area contributed by atoms with Crippen molar-refractivity contribution >= 4 is 11.6 Å². The average molecular weight is 212 g/mol. The Labute approximate surface area is 85.3 Å². The van der Waals surface area contributed by atoms with Crippen molar-refractivity contribution in [2.75, 3.05) is 14.1 Å². The van der Waals surface area contributed by atoms with Gasteiger partial charge in [0.2, 0.25) is 0 Å². The minimum absolute atomic E-state index is 0.0355. The second kappa shape index (κ2) is 4.04. The first-order chi connectivity index (χ1) is 6.91. The maximum atomic E-state index is 12.9. The number of carbonyl (C=O) groups is 1. The number of non-ortho nitro benzene ring substituents is 1. The smallest absolute Gasteiger partial charge is 0.273 e. The van der Waals surface area contributed by atoms with Crippen LogP contribution in [0, 0.1) is 15.9 Å². The Morgan fingerprint density at radius 2 is 2.00 bits per heavy atom.